The number of benzene rings is 3. The van der Waals surface area contributed by atoms with Crippen LogP contribution in [0.5, 0.6) is 0 Å². The number of amides is 1. The maximum atomic E-state index is 13.5. The Morgan fingerprint density at radius 1 is 0.971 bits per heavy atom. The molecule has 180 valence electrons. The predicted octanol–water partition coefficient (Wildman–Crippen LogP) is 4.25. The van der Waals surface area contributed by atoms with Crippen LogP contribution < -0.4 is 9.62 Å². The second-order valence-electron chi connectivity index (χ2n) is 8.09. The number of nitrogens with zero attached hydrogens (tertiary/aromatic N) is 3. The number of anilines is 1. The lowest BCUT2D eigenvalue weighted by molar-refractivity contribution is -0.119. The number of nitrogens with one attached hydrogen (secondary N) is 1. The second-order valence-corrected chi connectivity index (χ2v) is 9.96. The van der Waals surface area contributed by atoms with Gasteiger partial charge in [0, 0.05) is 24.6 Å². The van der Waals surface area contributed by atoms with Gasteiger partial charge in [-0.3, -0.25) is 9.10 Å². The standard InChI is InChI=1S/C27H28N4O3S/c1-3-23-9-7-8-12-26(23)31(35(33,34)25-10-5-4-6-11-25)20-27(32)29-19-22-13-15-24(16-14-22)30-18-17-28-21(30)2/h4-18H,3,19-20H2,1-2H3,(H,29,32). The molecule has 0 saturated carbocycles. The van der Waals surface area contributed by atoms with Gasteiger partial charge in [0.1, 0.15) is 12.4 Å². The molecule has 0 spiro atoms. The van der Waals surface area contributed by atoms with Crippen molar-refractivity contribution in [2.45, 2.75) is 31.7 Å². The highest BCUT2D eigenvalue weighted by Crippen LogP contribution is 2.27. The van der Waals surface area contributed by atoms with Gasteiger partial charge in [-0.1, -0.05) is 55.5 Å². The quantitative estimate of drug-likeness (QED) is 0.382. The summed E-state index contributed by atoms with van der Waals surface area (Å²) >= 11 is 0. The van der Waals surface area contributed by atoms with Gasteiger partial charge in [-0.25, -0.2) is 13.4 Å². The first kappa shape index (κ1) is 24.2. The number of para-hydroxylation sites is 1. The number of aromatic nitrogens is 2. The summed E-state index contributed by atoms with van der Waals surface area (Å²) in [4.78, 5) is 17.3. The first-order valence-corrected chi connectivity index (χ1v) is 12.9. The second kappa shape index (κ2) is 10.6. The van der Waals surface area contributed by atoms with Gasteiger partial charge in [0.15, 0.2) is 0 Å². The van der Waals surface area contributed by atoms with Crippen LogP contribution in [0.2, 0.25) is 0 Å². The van der Waals surface area contributed by atoms with Crippen molar-refractivity contribution in [1.29, 1.82) is 0 Å². The van der Waals surface area contributed by atoms with E-state index < -0.39 is 10.0 Å². The van der Waals surface area contributed by atoms with Gasteiger partial charge in [-0.2, -0.15) is 0 Å². The van der Waals surface area contributed by atoms with E-state index in [0.29, 0.717) is 12.1 Å². The van der Waals surface area contributed by atoms with Crippen LogP contribution >= 0.6 is 0 Å². The molecule has 0 aliphatic carbocycles. The first-order valence-electron chi connectivity index (χ1n) is 11.4. The number of sulfonamides is 1. The maximum Gasteiger partial charge on any atom is 0.264 e. The minimum atomic E-state index is -3.94. The van der Waals surface area contributed by atoms with E-state index in [0.717, 1.165) is 22.6 Å². The maximum absolute atomic E-state index is 13.5. The van der Waals surface area contributed by atoms with E-state index in [1.165, 1.54) is 4.31 Å². The Hall–Kier alpha value is -3.91. The largest absolute Gasteiger partial charge is 0.350 e. The van der Waals surface area contributed by atoms with Gasteiger partial charge in [0.25, 0.3) is 10.0 Å². The van der Waals surface area contributed by atoms with Crippen LogP contribution in [0.25, 0.3) is 5.69 Å². The first-order chi connectivity index (χ1) is 16.9. The summed E-state index contributed by atoms with van der Waals surface area (Å²) in [6.45, 7) is 3.86. The molecule has 3 aromatic carbocycles. The summed E-state index contributed by atoms with van der Waals surface area (Å²) in [5, 5.41) is 2.86. The van der Waals surface area contributed by atoms with E-state index in [1.807, 2.05) is 61.0 Å². The third-order valence-corrected chi connectivity index (χ3v) is 7.56. The average molecular weight is 489 g/mol. The highest BCUT2D eigenvalue weighted by molar-refractivity contribution is 7.92. The van der Waals surface area contributed by atoms with Crippen LogP contribution in [-0.2, 0) is 27.8 Å². The Morgan fingerprint density at radius 2 is 1.66 bits per heavy atom. The van der Waals surface area contributed by atoms with Crippen molar-refractivity contribution >= 4 is 21.6 Å². The van der Waals surface area contributed by atoms with Gasteiger partial charge in [0.05, 0.1) is 10.6 Å². The van der Waals surface area contributed by atoms with E-state index in [4.69, 9.17) is 0 Å². The van der Waals surface area contributed by atoms with Gasteiger partial charge < -0.3 is 9.88 Å². The Labute approximate surface area is 206 Å². The Balaban J connectivity index is 1.52. The topological polar surface area (TPSA) is 84.3 Å². The van der Waals surface area contributed by atoms with Crippen molar-refractivity contribution in [2.24, 2.45) is 0 Å². The zero-order valence-electron chi connectivity index (χ0n) is 19.8. The van der Waals surface area contributed by atoms with Crippen LogP contribution in [0.1, 0.15) is 23.9 Å². The Kier molecular flexibility index (Phi) is 7.31. The van der Waals surface area contributed by atoms with Crippen LogP contribution in [0, 0.1) is 6.92 Å². The minimum Gasteiger partial charge on any atom is -0.350 e. The molecule has 0 aliphatic rings. The van der Waals surface area contributed by atoms with Crippen LogP contribution in [0.3, 0.4) is 0 Å². The van der Waals surface area contributed by atoms with Crippen LogP contribution in [-0.4, -0.2) is 30.4 Å². The summed E-state index contributed by atoms with van der Waals surface area (Å²) in [5.74, 6) is 0.503. The zero-order chi connectivity index (χ0) is 24.8. The molecule has 4 rings (SSSR count). The molecule has 0 radical (unpaired) electrons. The summed E-state index contributed by atoms with van der Waals surface area (Å²) < 4.78 is 30.2. The highest BCUT2D eigenvalue weighted by Gasteiger charge is 2.28. The number of imidazole rings is 1. The lowest BCUT2D eigenvalue weighted by Crippen LogP contribution is -2.41. The van der Waals surface area contributed by atoms with Crippen molar-refractivity contribution in [3.8, 4) is 5.69 Å². The molecule has 0 saturated heterocycles. The summed E-state index contributed by atoms with van der Waals surface area (Å²) in [6.07, 6.45) is 4.28. The minimum absolute atomic E-state index is 0.143. The normalized spacial score (nSPS) is 11.3. The van der Waals surface area contributed by atoms with Crippen molar-refractivity contribution in [2.75, 3.05) is 10.8 Å². The molecule has 4 aromatic rings. The molecule has 1 amide bonds. The van der Waals surface area contributed by atoms with Crippen molar-refractivity contribution in [1.82, 2.24) is 14.9 Å². The van der Waals surface area contributed by atoms with Crippen molar-refractivity contribution in [3.63, 3.8) is 0 Å². The highest BCUT2D eigenvalue weighted by atomic mass is 32.2. The molecular formula is C27H28N4O3S. The van der Waals surface area contributed by atoms with E-state index in [1.54, 1.807) is 48.7 Å². The lowest BCUT2D eigenvalue weighted by atomic mass is 10.1. The molecule has 8 heteroatoms. The number of aryl methyl sites for hydroxylation is 2. The average Bonchev–Trinajstić information content (AvgIpc) is 3.32. The lowest BCUT2D eigenvalue weighted by Gasteiger charge is -2.26. The molecule has 1 heterocycles. The SMILES string of the molecule is CCc1ccccc1N(CC(=O)NCc1ccc(-n2ccnc2C)cc1)S(=O)(=O)c1ccccc1. The molecule has 1 aromatic heterocycles. The molecule has 0 aliphatic heterocycles. The molecule has 7 nitrogen and oxygen atoms in total. The number of rotatable bonds is 9. The number of carbonyl (C=O) groups is 1. The van der Waals surface area contributed by atoms with Gasteiger partial charge >= 0.3 is 0 Å². The van der Waals surface area contributed by atoms with Crippen LogP contribution in [0.4, 0.5) is 5.69 Å². The zero-order valence-corrected chi connectivity index (χ0v) is 20.6. The third kappa shape index (κ3) is 5.44. The van der Waals surface area contributed by atoms with E-state index >= 15 is 0 Å². The number of carbonyl (C=O) groups excluding carboxylic acids is 1. The third-order valence-electron chi connectivity index (χ3n) is 5.79. The van der Waals surface area contributed by atoms with E-state index in [2.05, 4.69) is 10.3 Å². The Bertz CT molecular complexity index is 1400. The van der Waals surface area contributed by atoms with Crippen LogP contribution in [0.15, 0.2) is 96.2 Å². The molecule has 0 bridgehead atoms. The molecule has 0 atom stereocenters. The smallest absolute Gasteiger partial charge is 0.264 e. The summed E-state index contributed by atoms with van der Waals surface area (Å²) in [6, 6.07) is 23.2. The Morgan fingerprint density at radius 3 is 2.31 bits per heavy atom. The van der Waals surface area contributed by atoms with E-state index in [-0.39, 0.29) is 23.9 Å². The number of hydrogen-bond acceptors (Lipinski definition) is 4. The molecular weight excluding hydrogens is 460 g/mol. The van der Waals surface area contributed by atoms with Crippen molar-refractivity contribution in [3.05, 3.63) is 108 Å². The molecule has 35 heavy (non-hydrogen) atoms. The fourth-order valence-electron chi connectivity index (χ4n) is 3.88. The fraction of sp³-hybridized carbons (Fsp3) is 0.185. The molecule has 0 fully saturated rings. The number of hydrogen-bond donors (Lipinski definition) is 1. The summed E-state index contributed by atoms with van der Waals surface area (Å²) in [5.41, 5.74) is 3.25. The molecule has 0 unspecified atom stereocenters. The summed E-state index contributed by atoms with van der Waals surface area (Å²) in [7, 11) is -3.94. The van der Waals surface area contributed by atoms with Gasteiger partial charge in [-0.15, -0.1) is 0 Å². The predicted molar refractivity (Wildman–Crippen MR) is 137 cm³/mol. The molecule has 1 N–H and O–H groups in total. The van der Waals surface area contributed by atoms with E-state index in [9.17, 15) is 13.2 Å². The monoisotopic (exact) mass is 488 g/mol. The van der Waals surface area contributed by atoms with Gasteiger partial charge in [0.2, 0.25) is 5.91 Å². The van der Waals surface area contributed by atoms with Gasteiger partial charge in [-0.05, 0) is 54.8 Å². The fourth-order valence-corrected chi connectivity index (χ4v) is 5.36. The van der Waals surface area contributed by atoms with Crippen molar-refractivity contribution < 1.29 is 13.2 Å².